The lowest BCUT2D eigenvalue weighted by molar-refractivity contribution is -0.0510. The van der Waals surface area contributed by atoms with Gasteiger partial charge in [-0.05, 0) is 104 Å². The maximum Gasteiger partial charge on any atom is 0.0577 e. The number of rotatable bonds is 6. The summed E-state index contributed by atoms with van der Waals surface area (Å²) in [6.07, 6.45) is 18.7. The van der Waals surface area contributed by atoms with Crippen LogP contribution in [0.15, 0.2) is 11.6 Å². The minimum absolute atomic E-state index is 0.0756. The second-order valence-electron chi connectivity index (χ2n) is 12.3. The van der Waals surface area contributed by atoms with E-state index < -0.39 is 0 Å². The van der Waals surface area contributed by atoms with E-state index in [0.717, 1.165) is 48.3 Å². The van der Waals surface area contributed by atoms with Crippen LogP contribution in [0.5, 0.6) is 0 Å². The molecule has 1 N–H and O–H groups in total. The van der Waals surface area contributed by atoms with E-state index in [0.29, 0.717) is 10.8 Å². The number of allylic oxidation sites excluding steroid dienone is 1. The zero-order valence-corrected chi connectivity index (χ0v) is 20.1. The Morgan fingerprint density at radius 1 is 1.07 bits per heavy atom. The quantitative estimate of drug-likeness (QED) is 0.451. The molecule has 0 aliphatic heterocycles. The van der Waals surface area contributed by atoms with E-state index in [2.05, 4.69) is 40.7 Å². The van der Waals surface area contributed by atoms with Gasteiger partial charge in [0.2, 0.25) is 0 Å². The summed E-state index contributed by atoms with van der Waals surface area (Å²) in [6, 6.07) is 0. The fourth-order valence-corrected chi connectivity index (χ4v) is 8.86. The molecule has 0 bridgehead atoms. The van der Waals surface area contributed by atoms with E-state index >= 15 is 0 Å². The Hall–Kier alpha value is -0.300. The highest BCUT2D eigenvalue weighted by molar-refractivity contribution is 5.25. The highest BCUT2D eigenvalue weighted by Crippen LogP contribution is 2.66. The smallest absolute Gasteiger partial charge is 0.0577 e. The molecule has 0 amide bonds. The van der Waals surface area contributed by atoms with Gasteiger partial charge >= 0.3 is 0 Å². The highest BCUT2D eigenvalue weighted by atomic mass is 16.3. The summed E-state index contributed by atoms with van der Waals surface area (Å²) < 4.78 is 0. The number of fused-ring (bicyclic) bond motifs is 5. The van der Waals surface area contributed by atoms with Gasteiger partial charge in [0.1, 0.15) is 0 Å². The first-order chi connectivity index (χ1) is 13.8. The van der Waals surface area contributed by atoms with Crippen LogP contribution < -0.4 is 0 Å². The van der Waals surface area contributed by atoms with Gasteiger partial charge in [0, 0.05) is 0 Å². The summed E-state index contributed by atoms with van der Waals surface area (Å²) in [5.74, 6) is 5.52. The number of aliphatic hydroxyl groups excluding tert-OH is 1. The molecule has 3 saturated carbocycles. The summed E-state index contributed by atoms with van der Waals surface area (Å²) in [4.78, 5) is 0. The maximum atomic E-state index is 10.2. The summed E-state index contributed by atoms with van der Waals surface area (Å²) >= 11 is 0. The Morgan fingerprint density at radius 2 is 1.86 bits per heavy atom. The molecule has 29 heavy (non-hydrogen) atoms. The molecule has 166 valence electrons. The van der Waals surface area contributed by atoms with Crippen molar-refractivity contribution in [3.8, 4) is 0 Å². The van der Waals surface area contributed by atoms with Crippen molar-refractivity contribution in [2.24, 2.45) is 46.3 Å². The molecule has 1 unspecified atom stereocenters. The number of hydrogen-bond acceptors (Lipinski definition) is 1. The predicted octanol–water partition coefficient (Wildman–Crippen LogP) is 7.78. The van der Waals surface area contributed by atoms with Crippen molar-refractivity contribution < 1.29 is 5.11 Å². The Bertz CT molecular complexity index is 605. The molecular weight excluding hydrogens is 352 g/mol. The van der Waals surface area contributed by atoms with E-state index in [1.807, 2.05) is 0 Å². The van der Waals surface area contributed by atoms with Gasteiger partial charge in [-0.2, -0.15) is 0 Å². The van der Waals surface area contributed by atoms with E-state index in [9.17, 15) is 5.11 Å². The Labute approximate surface area is 181 Å². The standard InChI is InChI=1S/C28H48O/c1-6-20(19(2)3)8-7-9-21-11-13-25-24-12-10-22-18-23(29)14-16-28(22,5)26(24)15-17-27(21,25)4/h10,19-21,23-26,29H,6-9,11-18H2,1-5H3/t20-,21+,23?,24+,25+,26+,27-,28+/m1/s1. The Balaban J connectivity index is 1.43. The molecule has 0 aromatic carbocycles. The lowest BCUT2D eigenvalue weighted by Crippen LogP contribution is -2.50. The molecule has 0 saturated heterocycles. The topological polar surface area (TPSA) is 20.2 Å². The maximum absolute atomic E-state index is 10.2. The van der Waals surface area contributed by atoms with Crippen LogP contribution >= 0.6 is 0 Å². The van der Waals surface area contributed by atoms with Crippen LogP contribution in [0, 0.1) is 46.3 Å². The first-order valence-corrected chi connectivity index (χ1v) is 13.2. The average Bonchev–Trinajstić information content (AvgIpc) is 3.02. The van der Waals surface area contributed by atoms with Crippen LogP contribution in [-0.2, 0) is 0 Å². The van der Waals surface area contributed by atoms with Gasteiger partial charge in [0.05, 0.1) is 6.10 Å². The minimum Gasteiger partial charge on any atom is -0.393 e. The molecule has 4 aliphatic rings. The first-order valence-electron chi connectivity index (χ1n) is 13.2. The minimum atomic E-state index is -0.0756. The van der Waals surface area contributed by atoms with Crippen LogP contribution in [0.25, 0.3) is 0 Å². The van der Waals surface area contributed by atoms with Gasteiger partial charge in [-0.25, -0.2) is 0 Å². The molecule has 0 aromatic heterocycles. The lowest BCUT2D eigenvalue weighted by Gasteiger charge is -2.58. The lowest BCUT2D eigenvalue weighted by atomic mass is 9.47. The molecule has 0 heterocycles. The molecule has 0 radical (unpaired) electrons. The van der Waals surface area contributed by atoms with Gasteiger partial charge in [-0.3, -0.25) is 0 Å². The van der Waals surface area contributed by atoms with E-state index in [4.69, 9.17) is 0 Å². The summed E-state index contributed by atoms with van der Waals surface area (Å²) in [6.45, 7) is 12.5. The second kappa shape index (κ2) is 8.33. The largest absolute Gasteiger partial charge is 0.393 e. The van der Waals surface area contributed by atoms with Crippen molar-refractivity contribution in [3.05, 3.63) is 11.6 Å². The zero-order valence-electron chi connectivity index (χ0n) is 20.1. The monoisotopic (exact) mass is 400 g/mol. The third-order valence-corrected chi connectivity index (χ3v) is 10.9. The van der Waals surface area contributed by atoms with Gasteiger partial charge in [-0.1, -0.05) is 65.5 Å². The molecule has 3 fully saturated rings. The van der Waals surface area contributed by atoms with Crippen LogP contribution in [0.4, 0.5) is 0 Å². The average molecular weight is 401 g/mol. The molecule has 8 atom stereocenters. The van der Waals surface area contributed by atoms with Crippen LogP contribution in [0.2, 0.25) is 0 Å². The Kier molecular flexibility index (Phi) is 6.29. The first kappa shape index (κ1) is 21.9. The number of hydrogen-bond donors (Lipinski definition) is 1. The fraction of sp³-hybridized carbons (Fsp3) is 0.929. The molecule has 4 rings (SSSR count). The second-order valence-corrected chi connectivity index (χ2v) is 12.3. The van der Waals surface area contributed by atoms with E-state index in [1.165, 1.54) is 64.2 Å². The molecule has 1 nitrogen and oxygen atoms in total. The molecule has 0 spiro atoms. The van der Waals surface area contributed by atoms with E-state index in [-0.39, 0.29) is 6.10 Å². The SMILES string of the molecule is CC[C@H](CCC[C@H]1CC[C@H]2[C@@H]3CC=C4CC(O)CC[C@]4(C)[C@H]3CC[C@]12C)C(C)C. The van der Waals surface area contributed by atoms with E-state index in [1.54, 1.807) is 5.57 Å². The van der Waals surface area contributed by atoms with Crippen LogP contribution in [0.3, 0.4) is 0 Å². The van der Waals surface area contributed by atoms with Crippen LogP contribution in [0.1, 0.15) is 112 Å². The fourth-order valence-electron chi connectivity index (χ4n) is 8.86. The van der Waals surface area contributed by atoms with Crippen molar-refractivity contribution in [2.45, 2.75) is 118 Å². The highest BCUT2D eigenvalue weighted by Gasteiger charge is 2.58. The van der Waals surface area contributed by atoms with Gasteiger partial charge < -0.3 is 5.11 Å². The predicted molar refractivity (Wildman–Crippen MR) is 124 cm³/mol. The van der Waals surface area contributed by atoms with Crippen molar-refractivity contribution in [1.82, 2.24) is 0 Å². The van der Waals surface area contributed by atoms with Crippen LogP contribution in [-0.4, -0.2) is 11.2 Å². The molecular formula is C28H48O. The molecule has 1 heteroatoms. The summed E-state index contributed by atoms with van der Waals surface area (Å²) in [5.41, 5.74) is 2.62. The third-order valence-electron chi connectivity index (χ3n) is 10.9. The van der Waals surface area contributed by atoms with Crippen molar-refractivity contribution in [2.75, 3.05) is 0 Å². The van der Waals surface area contributed by atoms with Crippen molar-refractivity contribution in [3.63, 3.8) is 0 Å². The van der Waals surface area contributed by atoms with Crippen molar-refractivity contribution >= 4 is 0 Å². The van der Waals surface area contributed by atoms with Gasteiger partial charge in [0.15, 0.2) is 0 Å². The summed E-state index contributed by atoms with van der Waals surface area (Å²) in [7, 11) is 0. The Morgan fingerprint density at radius 3 is 2.59 bits per heavy atom. The third kappa shape index (κ3) is 3.77. The summed E-state index contributed by atoms with van der Waals surface area (Å²) in [5, 5.41) is 10.2. The van der Waals surface area contributed by atoms with Gasteiger partial charge in [0.25, 0.3) is 0 Å². The molecule has 4 aliphatic carbocycles. The van der Waals surface area contributed by atoms with Gasteiger partial charge in [-0.15, -0.1) is 0 Å². The normalized spacial score (nSPS) is 45.3. The number of aliphatic hydroxyl groups is 1. The van der Waals surface area contributed by atoms with Crippen molar-refractivity contribution in [1.29, 1.82) is 0 Å². The zero-order chi connectivity index (χ0) is 20.8. The molecule has 0 aromatic rings.